The predicted molar refractivity (Wildman–Crippen MR) is 93.4 cm³/mol. The molecule has 2 aromatic heterocycles. The van der Waals surface area contributed by atoms with E-state index in [0.29, 0.717) is 6.61 Å². The van der Waals surface area contributed by atoms with E-state index in [9.17, 15) is 13.2 Å². The van der Waals surface area contributed by atoms with Crippen molar-refractivity contribution < 1.29 is 17.9 Å². The van der Waals surface area contributed by atoms with Crippen LogP contribution < -0.4 is 5.32 Å². The highest BCUT2D eigenvalue weighted by molar-refractivity contribution is 6.76. The van der Waals surface area contributed by atoms with Gasteiger partial charge in [-0.25, -0.2) is 4.98 Å². The van der Waals surface area contributed by atoms with Crippen LogP contribution >= 0.6 is 11.6 Å². The summed E-state index contributed by atoms with van der Waals surface area (Å²) in [6, 6.07) is 2.32. The third kappa shape index (κ3) is 4.43. The van der Waals surface area contributed by atoms with E-state index in [-0.39, 0.29) is 28.6 Å². The summed E-state index contributed by atoms with van der Waals surface area (Å²) in [6.07, 6.45) is -3.45. The number of alkyl halides is 3. The summed E-state index contributed by atoms with van der Waals surface area (Å²) in [5.41, 5.74) is -0.301. The van der Waals surface area contributed by atoms with Crippen LogP contribution in [-0.4, -0.2) is 31.3 Å². The predicted octanol–water partition coefficient (Wildman–Crippen LogP) is 5.06. The van der Waals surface area contributed by atoms with Gasteiger partial charge in [-0.1, -0.05) is 31.2 Å². The topological polar surface area (TPSA) is 39.1 Å². The standard InChI is InChI=1S/C15H21ClF3N3OSi/c1-20-11-7-12(16)21-14-13(11)10(15(17,18)19)8-22(14)9-23-5-6-24(2,3)4/h7-8H,5-6,9H2,1-4H3,(H,20,21). The van der Waals surface area contributed by atoms with Gasteiger partial charge in [0.05, 0.1) is 10.9 Å². The number of hydrogen-bond acceptors (Lipinski definition) is 3. The number of fused-ring (bicyclic) bond motifs is 1. The Morgan fingerprint density at radius 2 is 2.00 bits per heavy atom. The van der Waals surface area contributed by atoms with Gasteiger partial charge in [-0.3, -0.25) is 0 Å². The van der Waals surface area contributed by atoms with Gasteiger partial charge in [0, 0.05) is 33.6 Å². The van der Waals surface area contributed by atoms with Gasteiger partial charge in [-0.15, -0.1) is 0 Å². The number of hydrogen-bond donors (Lipinski definition) is 1. The molecule has 2 rings (SSSR count). The summed E-state index contributed by atoms with van der Waals surface area (Å²) in [5, 5.41) is 2.88. The zero-order valence-electron chi connectivity index (χ0n) is 14.1. The van der Waals surface area contributed by atoms with E-state index in [1.807, 2.05) is 0 Å². The molecule has 0 aliphatic carbocycles. The largest absolute Gasteiger partial charge is 0.418 e. The molecule has 0 aromatic carbocycles. The number of rotatable bonds is 6. The highest BCUT2D eigenvalue weighted by atomic mass is 35.5. The molecule has 0 saturated heterocycles. The molecule has 24 heavy (non-hydrogen) atoms. The van der Waals surface area contributed by atoms with Crippen LogP contribution in [0.5, 0.6) is 0 Å². The summed E-state index contributed by atoms with van der Waals surface area (Å²) in [5.74, 6) is 0. The van der Waals surface area contributed by atoms with E-state index in [2.05, 4.69) is 29.9 Å². The number of pyridine rings is 1. The van der Waals surface area contributed by atoms with E-state index < -0.39 is 19.8 Å². The van der Waals surface area contributed by atoms with E-state index in [1.165, 1.54) is 10.6 Å². The summed E-state index contributed by atoms with van der Waals surface area (Å²) in [4.78, 5) is 4.06. The molecule has 4 nitrogen and oxygen atoms in total. The van der Waals surface area contributed by atoms with Gasteiger partial charge in [0.1, 0.15) is 17.5 Å². The van der Waals surface area contributed by atoms with Crippen LogP contribution in [0.15, 0.2) is 12.3 Å². The second-order valence-corrected chi connectivity index (χ2v) is 12.8. The highest BCUT2D eigenvalue weighted by Crippen LogP contribution is 2.39. The molecule has 0 unspecified atom stereocenters. The molecular weight excluding hydrogens is 359 g/mol. The van der Waals surface area contributed by atoms with Gasteiger partial charge in [0.2, 0.25) is 0 Å². The zero-order chi connectivity index (χ0) is 18.1. The van der Waals surface area contributed by atoms with Crippen molar-refractivity contribution in [1.82, 2.24) is 9.55 Å². The Hall–Kier alpha value is -1.25. The Morgan fingerprint density at radius 3 is 2.54 bits per heavy atom. The molecule has 0 aliphatic rings. The monoisotopic (exact) mass is 379 g/mol. The van der Waals surface area contributed by atoms with Crippen molar-refractivity contribution in [3.63, 3.8) is 0 Å². The Bertz CT molecular complexity index is 725. The first kappa shape index (κ1) is 19.1. The van der Waals surface area contributed by atoms with Crippen LogP contribution in [0, 0.1) is 0 Å². The van der Waals surface area contributed by atoms with Gasteiger partial charge in [0.25, 0.3) is 0 Å². The molecule has 0 amide bonds. The molecule has 134 valence electrons. The SMILES string of the molecule is CNc1cc(Cl)nc2c1c(C(F)(F)F)cn2COCC[Si](C)(C)C. The van der Waals surface area contributed by atoms with Crippen LogP contribution in [-0.2, 0) is 17.6 Å². The quantitative estimate of drug-likeness (QED) is 0.433. The van der Waals surface area contributed by atoms with E-state index in [0.717, 1.165) is 12.2 Å². The lowest BCUT2D eigenvalue weighted by molar-refractivity contribution is -0.136. The first-order valence-electron chi connectivity index (χ1n) is 7.55. The van der Waals surface area contributed by atoms with Crippen LogP contribution in [0.25, 0.3) is 11.0 Å². The van der Waals surface area contributed by atoms with Crippen molar-refractivity contribution in [2.24, 2.45) is 0 Å². The molecule has 2 aromatic rings. The average molecular weight is 380 g/mol. The van der Waals surface area contributed by atoms with Crippen molar-refractivity contribution in [3.8, 4) is 0 Å². The fourth-order valence-corrected chi connectivity index (χ4v) is 3.25. The number of aromatic nitrogens is 2. The summed E-state index contributed by atoms with van der Waals surface area (Å²) in [7, 11) is 0.290. The molecule has 0 radical (unpaired) electrons. The number of nitrogens with zero attached hydrogens (tertiary/aromatic N) is 2. The van der Waals surface area contributed by atoms with Gasteiger partial charge < -0.3 is 14.6 Å². The van der Waals surface area contributed by atoms with Crippen LogP contribution in [0.1, 0.15) is 5.56 Å². The first-order chi connectivity index (χ1) is 11.0. The summed E-state index contributed by atoms with van der Waals surface area (Å²) >= 11 is 5.94. The lowest BCUT2D eigenvalue weighted by atomic mass is 10.2. The lowest BCUT2D eigenvalue weighted by Crippen LogP contribution is -2.22. The fourth-order valence-electron chi connectivity index (χ4n) is 2.31. The Kier molecular flexibility index (Phi) is 5.51. The summed E-state index contributed by atoms with van der Waals surface area (Å²) < 4.78 is 47.0. The van der Waals surface area contributed by atoms with Gasteiger partial charge >= 0.3 is 6.18 Å². The lowest BCUT2D eigenvalue weighted by Gasteiger charge is -2.15. The van der Waals surface area contributed by atoms with Crippen molar-refractivity contribution in [2.75, 3.05) is 19.0 Å². The molecule has 9 heteroatoms. The van der Waals surface area contributed by atoms with Crippen LogP contribution in [0.4, 0.5) is 18.9 Å². The van der Waals surface area contributed by atoms with E-state index in [1.54, 1.807) is 7.05 Å². The molecule has 0 fully saturated rings. The first-order valence-corrected chi connectivity index (χ1v) is 11.6. The van der Waals surface area contributed by atoms with E-state index >= 15 is 0 Å². The maximum atomic E-state index is 13.4. The highest BCUT2D eigenvalue weighted by Gasteiger charge is 2.36. The van der Waals surface area contributed by atoms with Gasteiger partial charge in [0.15, 0.2) is 0 Å². The Balaban J connectivity index is 2.38. The molecule has 0 aliphatic heterocycles. The van der Waals surface area contributed by atoms with E-state index in [4.69, 9.17) is 16.3 Å². The normalized spacial score (nSPS) is 12.8. The minimum atomic E-state index is -4.48. The molecule has 1 N–H and O–H groups in total. The molecule has 0 saturated carbocycles. The third-order valence-electron chi connectivity index (χ3n) is 3.60. The van der Waals surface area contributed by atoms with Crippen molar-refractivity contribution >= 4 is 36.4 Å². The Labute approximate surface area is 145 Å². The molecule has 2 heterocycles. The zero-order valence-corrected chi connectivity index (χ0v) is 15.8. The number of nitrogens with one attached hydrogen (secondary N) is 1. The maximum Gasteiger partial charge on any atom is 0.418 e. The number of ether oxygens (including phenoxy) is 1. The minimum absolute atomic E-state index is 0.00296. The third-order valence-corrected chi connectivity index (χ3v) is 5.49. The smallest absolute Gasteiger partial charge is 0.387 e. The molecular formula is C15H21ClF3N3OSi. The fraction of sp³-hybridized carbons (Fsp3) is 0.533. The molecule has 0 atom stereocenters. The second-order valence-electron chi connectivity index (χ2n) is 6.80. The second kappa shape index (κ2) is 6.93. The average Bonchev–Trinajstić information content (AvgIpc) is 2.80. The number of anilines is 1. The van der Waals surface area contributed by atoms with Crippen molar-refractivity contribution in [1.29, 1.82) is 0 Å². The van der Waals surface area contributed by atoms with Gasteiger partial charge in [-0.2, -0.15) is 13.2 Å². The van der Waals surface area contributed by atoms with Crippen LogP contribution in [0.2, 0.25) is 30.8 Å². The maximum absolute atomic E-state index is 13.4. The molecule has 0 bridgehead atoms. The van der Waals surface area contributed by atoms with Gasteiger partial charge in [-0.05, 0) is 12.1 Å². The minimum Gasteiger partial charge on any atom is -0.387 e. The number of halogens is 4. The summed E-state index contributed by atoms with van der Waals surface area (Å²) in [6.45, 7) is 7.15. The van der Waals surface area contributed by atoms with Crippen LogP contribution in [0.3, 0.4) is 0 Å². The van der Waals surface area contributed by atoms with Crippen molar-refractivity contribution in [2.45, 2.75) is 38.6 Å². The Morgan fingerprint density at radius 1 is 1.33 bits per heavy atom. The van der Waals surface area contributed by atoms with Crippen molar-refractivity contribution in [3.05, 3.63) is 23.0 Å². The molecule has 0 spiro atoms.